The number of hydrogen-bond acceptors (Lipinski definition) is 11. The molecule has 1 aliphatic heterocycles. The van der Waals surface area contributed by atoms with Crippen LogP contribution in [0.2, 0.25) is 0 Å². The monoisotopic (exact) mass is 524 g/mol. The molecule has 188 valence electrons. The highest BCUT2D eigenvalue weighted by Gasteiger charge is 2.51. The molecule has 15 heteroatoms. The molecular formula is C20H24N6O7S2. The number of amides is 1. The van der Waals surface area contributed by atoms with Gasteiger partial charge in [-0.1, -0.05) is 5.16 Å². The van der Waals surface area contributed by atoms with Crippen molar-refractivity contribution in [1.29, 1.82) is 5.41 Å². The summed E-state index contributed by atoms with van der Waals surface area (Å²) in [4.78, 5) is 34.3. The van der Waals surface area contributed by atoms with Crippen LogP contribution in [0.3, 0.4) is 0 Å². The Kier molecular flexibility index (Phi) is 8.03. The minimum Gasteiger partial charge on any atom is -0.493 e. The summed E-state index contributed by atoms with van der Waals surface area (Å²) in [7, 11) is -4.69. The Morgan fingerprint density at radius 2 is 2.00 bits per heavy atom. The van der Waals surface area contributed by atoms with Crippen LogP contribution in [0.15, 0.2) is 34.8 Å². The van der Waals surface area contributed by atoms with Crippen LogP contribution in [0, 0.1) is 11.3 Å². The Morgan fingerprint density at radius 1 is 1.31 bits per heavy atom. The van der Waals surface area contributed by atoms with Gasteiger partial charge in [0.1, 0.15) is 23.9 Å². The fourth-order valence-corrected chi connectivity index (χ4v) is 4.80. The molecule has 2 heterocycles. The number of aromatic nitrogens is 1. The molecule has 0 bridgehead atoms. The SMILES string of the molecule is C[C@H]1[C@H](CC(=O)/C(=N\OCCCOc2ccc(C(=N)N)cc2)c2csc(N)n2)C(=O)N1S(=O)(=O)O. The number of Topliss-reactive ketones (excluding diaryl/α,β-unsaturated/α-hetero) is 1. The van der Waals surface area contributed by atoms with Gasteiger partial charge >= 0.3 is 10.3 Å². The van der Waals surface area contributed by atoms with Crippen molar-refractivity contribution in [3.8, 4) is 5.75 Å². The van der Waals surface area contributed by atoms with Gasteiger partial charge in [0, 0.05) is 23.8 Å². The average molecular weight is 525 g/mol. The zero-order valence-corrected chi connectivity index (χ0v) is 20.2. The highest BCUT2D eigenvalue weighted by molar-refractivity contribution is 7.84. The molecule has 1 aliphatic rings. The fraction of sp³-hybridized carbons (Fsp3) is 0.350. The van der Waals surface area contributed by atoms with E-state index < -0.39 is 34.0 Å². The number of hydrogen-bond donors (Lipinski definition) is 4. The van der Waals surface area contributed by atoms with Crippen molar-refractivity contribution in [3.05, 3.63) is 40.9 Å². The number of anilines is 1. The van der Waals surface area contributed by atoms with Crippen molar-refractivity contribution < 1.29 is 32.1 Å². The minimum atomic E-state index is -4.69. The number of nitrogens with one attached hydrogen (secondary N) is 1. The molecule has 1 aromatic heterocycles. The molecule has 0 spiro atoms. The molecule has 1 amide bonds. The van der Waals surface area contributed by atoms with Crippen LogP contribution >= 0.6 is 11.3 Å². The Morgan fingerprint density at radius 3 is 2.54 bits per heavy atom. The van der Waals surface area contributed by atoms with E-state index >= 15 is 0 Å². The summed E-state index contributed by atoms with van der Waals surface area (Å²) in [5.74, 6) is -1.85. The number of ketones is 1. The Balaban J connectivity index is 1.56. The van der Waals surface area contributed by atoms with Gasteiger partial charge in [-0.15, -0.1) is 11.3 Å². The van der Waals surface area contributed by atoms with E-state index in [1.807, 2.05) is 0 Å². The van der Waals surface area contributed by atoms with Crippen molar-refractivity contribution in [2.24, 2.45) is 16.8 Å². The molecule has 1 fully saturated rings. The Bertz CT molecular complexity index is 1240. The van der Waals surface area contributed by atoms with Crippen LogP contribution in [0.25, 0.3) is 0 Å². The fourth-order valence-electron chi connectivity index (χ4n) is 3.32. The van der Waals surface area contributed by atoms with Crippen LogP contribution in [-0.2, 0) is 24.7 Å². The number of thiazole rings is 1. The summed E-state index contributed by atoms with van der Waals surface area (Å²) < 4.78 is 37.6. The summed E-state index contributed by atoms with van der Waals surface area (Å²) in [6.07, 6.45) is 0.0884. The number of oxime groups is 1. The van der Waals surface area contributed by atoms with Gasteiger partial charge in [-0.05, 0) is 31.2 Å². The van der Waals surface area contributed by atoms with E-state index in [9.17, 15) is 18.0 Å². The first-order chi connectivity index (χ1) is 16.5. The van der Waals surface area contributed by atoms with Gasteiger partial charge in [-0.2, -0.15) is 8.42 Å². The predicted octanol–water partition coefficient (Wildman–Crippen LogP) is 0.808. The smallest absolute Gasteiger partial charge is 0.362 e. The van der Waals surface area contributed by atoms with Gasteiger partial charge in [0.15, 0.2) is 16.6 Å². The van der Waals surface area contributed by atoms with Gasteiger partial charge in [-0.3, -0.25) is 19.6 Å². The molecule has 13 nitrogen and oxygen atoms in total. The molecule has 35 heavy (non-hydrogen) atoms. The van der Waals surface area contributed by atoms with E-state index in [4.69, 9.17) is 31.0 Å². The van der Waals surface area contributed by atoms with E-state index in [0.717, 1.165) is 11.3 Å². The van der Waals surface area contributed by atoms with Gasteiger partial charge in [0.2, 0.25) is 5.91 Å². The summed E-state index contributed by atoms with van der Waals surface area (Å²) in [5.41, 5.74) is 11.7. The molecule has 0 radical (unpaired) electrons. The maximum atomic E-state index is 12.9. The van der Waals surface area contributed by atoms with E-state index in [-0.39, 0.29) is 35.4 Å². The van der Waals surface area contributed by atoms with Crippen LogP contribution in [-0.4, -0.2) is 64.8 Å². The van der Waals surface area contributed by atoms with E-state index in [0.29, 0.717) is 28.6 Å². The number of ether oxygens (including phenoxy) is 1. The van der Waals surface area contributed by atoms with Crippen LogP contribution in [0.5, 0.6) is 5.75 Å². The number of benzene rings is 1. The number of carbonyl (C=O) groups is 2. The Hall–Kier alpha value is -3.56. The molecule has 2 aromatic rings. The first-order valence-corrected chi connectivity index (χ1v) is 12.6. The number of nitrogen functional groups attached to an aromatic ring is 2. The van der Waals surface area contributed by atoms with Crippen molar-refractivity contribution in [2.75, 3.05) is 18.9 Å². The molecule has 3 rings (SSSR count). The Labute approximate surface area is 205 Å². The van der Waals surface area contributed by atoms with Gasteiger partial charge in [0.25, 0.3) is 0 Å². The molecule has 0 unspecified atom stereocenters. The van der Waals surface area contributed by atoms with Crippen LogP contribution < -0.4 is 16.2 Å². The average Bonchev–Trinajstić information content (AvgIpc) is 3.22. The summed E-state index contributed by atoms with van der Waals surface area (Å²) >= 11 is 1.09. The second-order valence-electron chi connectivity index (χ2n) is 7.57. The van der Waals surface area contributed by atoms with Crippen molar-refractivity contribution >= 4 is 50.0 Å². The van der Waals surface area contributed by atoms with Crippen LogP contribution in [0.4, 0.5) is 5.13 Å². The highest BCUT2D eigenvalue weighted by Crippen LogP contribution is 2.32. The lowest BCUT2D eigenvalue weighted by Crippen LogP contribution is -2.62. The zero-order valence-electron chi connectivity index (χ0n) is 18.6. The normalized spacial score (nSPS) is 18.2. The molecule has 6 N–H and O–H groups in total. The molecule has 2 atom stereocenters. The standard InChI is InChI=1S/C20H24N6O7S2/c1-11-14(19(28)26(11)35(29,30)31)9-16(27)17(15-10-34-20(23)24-15)25-33-8-2-7-32-13-5-3-12(4-6-13)18(21)22/h3-6,10-11,14H,2,7-9H2,1H3,(H3,21,22)(H2,23,24)(H,29,30,31)/b25-17-/t11-,14-/m0/s1. The van der Waals surface area contributed by atoms with E-state index in [1.165, 1.54) is 12.3 Å². The number of rotatable bonds is 12. The number of β-lactam (4-membered cyclic amide) rings is 1. The topological polar surface area (TPSA) is 211 Å². The third-order valence-corrected chi connectivity index (χ3v) is 6.82. The van der Waals surface area contributed by atoms with Crippen LogP contribution in [0.1, 0.15) is 31.0 Å². The van der Waals surface area contributed by atoms with Crippen molar-refractivity contribution in [2.45, 2.75) is 25.8 Å². The maximum Gasteiger partial charge on any atom is 0.362 e. The van der Waals surface area contributed by atoms with Gasteiger partial charge in [-0.25, -0.2) is 9.29 Å². The molecular weight excluding hydrogens is 500 g/mol. The second kappa shape index (κ2) is 10.8. The first-order valence-electron chi connectivity index (χ1n) is 10.3. The quantitative estimate of drug-likeness (QED) is 0.0766. The largest absolute Gasteiger partial charge is 0.493 e. The van der Waals surface area contributed by atoms with Gasteiger partial charge < -0.3 is 21.0 Å². The lowest BCUT2D eigenvalue weighted by molar-refractivity contribution is -0.147. The van der Waals surface area contributed by atoms with E-state index in [2.05, 4.69) is 10.1 Å². The third kappa shape index (κ3) is 6.32. The summed E-state index contributed by atoms with van der Waals surface area (Å²) in [5, 5.41) is 13.0. The molecule has 1 saturated heterocycles. The number of amidine groups is 1. The number of nitrogens with zero attached hydrogens (tertiary/aromatic N) is 3. The highest BCUT2D eigenvalue weighted by atomic mass is 32.2. The molecule has 1 aromatic carbocycles. The minimum absolute atomic E-state index is 0.0399. The summed E-state index contributed by atoms with van der Waals surface area (Å²) in [6, 6.07) is 5.82. The zero-order chi connectivity index (χ0) is 25.8. The van der Waals surface area contributed by atoms with Crippen molar-refractivity contribution in [1.82, 2.24) is 9.29 Å². The molecule has 0 saturated carbocycles. The van der Waals surface area contributed by atoms with Crippen molar-refractivity contribution in [3.63, 3.8) is 0 Å². The summed E-state index contributed by atoms with van der Waals surface area (Å²) in [6.45, 7) is 1.81. The lowest BCUT2D eigenvalue weighted by atomic mass is 9.86. The number of carbonyl (C=O) groups excluding carboxylic acids is 2. The van der Waals surface area contributed by atoms with Gasteiger partial charge in [0.05, 0.1) is 18.6 Å². The predicted molar refractivity (Wildman–Crippen MR) is 128 cm³/mol. The molecule has 0 aliphatic carbocycles. The van der Waals surface area contributed by atoms with E-state index in [1.54, 1.807) is 24.3 Å². The number of nitrogens with two attached hydrogens (primary N) is 2. The maximum absolute atomic E-state index is 12.9. The third-order valence-electron chi connectivity index (χ3n) is 5.14. The lowest BCUT2D eigenvalue weighted by Gasteiger charge is -2.41. The first kappa shape index (κ1) is 26.1. The second-order valence-corrected chi connectivity index (χ2v) is 9.75.